The van der Waals surface area contributed by atoms with Crippen molar-refractivity contribution < 1.29 is 17.9 Å². The van der Waals surface area contributed by atoms with Crippen LogP contribution in [0.1, 0.15) is 22.3 Å². The predicted molar refractivity (Wildman–Crippen MR) is 122 cm³/mol. The lowest BCUT2D eigenvalue weighted by Crippen LogP contribution is -2.37. The van der Waals surface area contributed by atoms with E-state index < -0.39 is 23.2 Å². The Kier molecular flexibility index (Phi) is 5.13. The number of aryl methyl sites for hydroxylation is 1. The summed E-state index contributed by atoms with van der Waals surface area (Å²) >= 11 is 0. The molecule has 4 aromatic rings. The van der Waals surface area contributed by atoms with Crippen molar-refractivity contribution in [3.63, 3.8) is 0 Å². The van der Waals surface area contributed by atoms with E-state index in [1.807, 2.05) is 31.2 Å². The van der Waals surface area contributed by atoms with Gasteiger partial charge in [0.1, 0.15) is 23.1 Å². The molecule has 0 saturated carbocycles. The second-order valence-corrected chi connectivity index (χ2v) is 7.78. The number of ether oxygens (including phenoxy) is 1. The Morgan fingerprint density at radius 2 is 1.39 bits per heavy atom. The van der Waals surface area contributed by atoms with Gasteiger partial charge in [-0.15, -0.1) is 0 Å². The molecule has 1 N–H and O–H groups in total. The van der Waals surface area contributed by atoms with Crippen molar-refractivity contribution in [3.8, 4) is 0 Å². The molecule has 0 saturated heterocycles. The third-order valence-electron chi connectivity index (χ3n) is 5.57. The zero-order valence-electron chi connectivity index (χ0n) is 17.6. The minimum absolute atomic E-state index is 0.00676. The smallest absolute Gasteiger partial charge is 0.236 e. The fraction of sp³-hybridized carbons (Fsp3) is 0.0741. The third-order valence-corrected chi connectivity index (χ3v) is 5.57. The van der Waals surface area contributed by atoms with Crippen LogP contribution in [0.25, 0.3) is 0 Å². The number of para-hydroxylation sites is 2. The van der Waals surface area contributed by atoms with Crippen molar-refractivity contribution in [1.29, 1.82) is 0 Å². The molecule has 33 heavy (non-hydrogen) atoms. The number of halogens is 3. The van der Waals surface area contributed by atoms with Gasteiger partial charge in [0.15, 0.2) is 0 Å². The molecule has 1 unspecified atom stereocenters. The molecule has 3 nitrogen and oxygen atoms in total. The minimum Gasteiger partial charge on any atom is -0.442 e. The van der Waals surface area contributed by atoms with Gasteiger partial charge < -0.3 is 10.1 Å². The minimum atomic E-state index is -1.49. The van der Waals surface area contributed by atoms with Crippen LogP contribution >= 0.6 is 0 Å². The summed E-state index contributed by atoms with van der Waals surface area (Å²) in [6.45, 7) is 1.94. The number of hydrogen-bond acceptors (Lipinski definition) is 3. The largest absolute Gasteiger partial charge is 0.442 e. The maximum absolute atomic E-state index is 15.1. The van der Waals surface area contributed by atoms with E-state index in [1.165, 1.54) is 24.3 Å². The van der Waals surface area contributed by atoms with Crippen molar-refractivity contribution in [2.24, 2.45) is 4.99 Å². The first-order chi connectivity index (χ1) is 16.0. The molecule has 0 radical (unpaired) electrons. The molecule has 1 heterocycles. The summed E-state index contributed by atoms with van der Waals surface area (Å²) in [6.07, 6.45) is 0. The summed E-state index contributed by atoms with van der Waals surface area (Å²) in [5.41, 5.74) is 0.805. The molecule has 1 atom stereocenters. The van der Waals surface area contributed by atoms with Gasteiger partial charge in [-0.05, 0) is 37.3 Å². The van der Waals surface area contributed by atoms with Crippen molar-refractivity contribution in [3.05, 3.63) is 131 Å². The van der Waals surface area contributed by atoms with Crippen LogP contribution in [0.3, 0.4) is 0 Å². The van der Waals surface area contributed by atoms with E-state index >= 15 is 4.39 Å². The lowest BCUT2D eigenvalue weighted by Gasteiger charge is -2.32. The number of rotatable bonds is 4. The van der Waals surface area contributed by atoms with E-state index in [2.05, 4.69) is 10.3 Å². The second-order valence-electron chi connectivity index (χ2n) is 7.78. The highest BCUT2D eigenvalue weighted by molar-refractivity contribution is 6.01. The highest BCUT2D eigenvalue weighted by Crippen LogP contribution is 2.44. The summed E-state index contributed by atoms with van der Waals surface area (Å²) in [6, 6.07) is 24.0. The zero-order valence-corrected chi connectivity index (χ0v) is 17.6. The van der Waals surface area contributed by atoms with Gasteiger partial charge in [-0.2, -0.15) is 0 Å². The maximum atomic E-state index is 15.1. The first-order valence-electron chi connectivity index (χ1n) is 10.4. The highest BCUT2D eigenvalue weighted by Gasteiger charge is 2.48. The molecular weight excluding hydrogens is 425 g/mol. The van der Waals surface area contributed by atoms with Crippen LogP contribution in [0.15, 0.2) is 96.0 Å². The molecule has 0 bridgehead atoms. The Balaban J connectivity index is 1.76. The van der Waals surface area contributed by atoms with Crippen molar-refractivity contribution in [1.82, 2.24) is 0 Å². The number of anilines is 1. The molecule has 1 aliphatic heterocycles. The normalized spacial score (nSPS) is 18.1. The Bertz CT molecular complexity index is 1370. The quantitative estimate of drug-likeness (QED) is 0.374. The molecule has 1 aliphatic rings. The molecule has 0 aromatic heterocycles. The van der Waals surface area contributed by atoms with Crippen LogP contribution in [-0.2, 0) is 10.5 Å². The first kappa shape index (κ1) is 20.8. The SMILES string of the molecule is Cc1ccc(C2(Nc3ccccc3F)OC(=Nc3ccccc3F)c3c(F)cccc32)cc1. The molecule has 0 fully saturated rings. The summed E-state index contributed by atoms with van der Waals surface area (Å²) in [5, 5.41) is 3.13. The third kappa shape index (κ3) is 3.63. The van der Waals surface area contributed by atoms with Crippen molar-refractivity contribution in [2.75, 3.05) is 5.32 Å². The van der Waals surface area contributed by atoms with E-state index in [4.69, 9.17) is 4.74 Å². The van der Waals surface area contributed by atoms with Crippen molar-refractivity contribution >= 4 is 17.3 Å². The van der Waals surface area contributed by atoms with E-state index in [0.717, 1.165) is 5.56 Å². The molecule has 5 rings (SSSR count). The van der Waals surface area contributed by atoms with E-state index in [0.29, 0.717) is 11.1 Å². The van der Waals surface area contributed by atoms with E-state index in [9.17, 15) is 8.78 Å². The first-order valence-corrected chi connectivity index (χ1v) is 10.4. The summed E-state index contributed by atoms with van der Waals surface area (Å²) in [5.74, 6) is -1.74. The van der Waals surface area contributed by atoms with Crippen molar-refractivity contribution in [2.45, 2.75) is 12.6 Å². The zero-order chi connectivity index (χ0) is 23.0. The van der Waals surface area contributed by atoms with Crippen LogP contribution in [0.4, 0.5) is 24.5 Å². The van der Waals surface area contributed by atoms with Gasteiger partial charge in [-0.1, -0.05) is 66.2 Å². The van der Waals surface area contributed by atoms with E-state index in [1.54, 1.807) is 42.5 Å². The Morgan fingerprint density at radius 1 is 0.727 bits per heavy atom. The van der Waals surface area contributed by atoms with Crippen LogP contribution in [0, 0.1) is 24.4 Å². The number of nitrogens with zero attached hydrogens (tertiary/aromatic N) is 1. The van der Waals surface area contributed by atoms with Gasteiger partial charge in [0, 0.05) is 11.1 Å². The van der Waals surface area contributed by atoms with Gasteiger partial charge in [-0.25, -0.2) is 18.2 Å². The van der Waals surface area contributed by atoms with Crippen LogP contribution in [0.2, 0.25) is 0 Å². The van der Waals surface area contributed by atoms with Crippen LogP contribution < -0.4 is 5.32 Å². The molecule has 164 valence electrons. The van der Waals surface area contributed by atoms with Crippen LogP contribution in [0.5, 0.6) is 0 Å². The average Bonchev–Trinajstić information content (AvgIpc) is 3.13. The molecule has 4 aromatic carbocycles. The molecule has 0 amide bonds. The highest BCUT2D eigenvalue weighted by atomic mass is 19.1. The van der Waals surface area contributed by atoms with Crippen LogP contribution in [-0.4, -0.2) is 5.90 Å². The number of aliphatic imine (C=N–C) groups is 1. The Labute approximate surface area is 189 Å². The summed E-state index contributed by atoms with van der Waals surface area (Å²) < 4.78 is 50.5. The molecule has 6 heteroatoms. The fourth-order valence-corrected chi connectivity index (χ4v) is 3.94. The number of fused-ring (bicyclic) bond motifs is 1. The lowest BCUT2D eigenvalue weighted by atomic mass is 9.91. The molecule has 0 aliphatic carbocycles. The number of benzene rings is 4. The van der Waals surface area contributed by atoms with E-state index in [-0.39, 0.29) is 22.8 Å². The standard InChI is InChI=1S/C27H19F3N2O/c1-17-13-15-18(16-14-17)27(32-24-12-5-3-9-21(24)29)19-7-6-10-22(30)25(19)26(33-27)31-23-11-4-2-8-20(23)28/h2-16,32H,1H3. The maximum Gasteiger partial charge on any atom is 0.236 e. The fourth-order valence-electron chi connectivity index (χ4n) is 3.94. The average molecular weight is 444 g/mol. The second kappa shape index (κ2) is 8.13. The Hall–Kier alpha value is -4.06. The number of nitrogens with one attached hydrogen (secondary N) is 1. The van der Waals surface area contributed by atoms with Gasteiger partial charge in [0.2, 0.25) is 11.6 Å². The lowest BCUT2D eigenvalue weighted by molar-refractivity contribution is 0.144. The number of hydrogen-bond donors (Lipinski definition) is 1. The topological polar surface area (TPSA) is 33.6 Å². The Morgan fingerprint density at radius 3 is 2.12 bits per heavy atom. The molecule has 0 spiro atoms. The van der Waals surface area contributed by atoms with Gasteiger partial charge >= 0.3 is 0 Å². The predicted octanol–water partition coefficient (Wildman–Crippen LogP) is 6.83. The monoisotopic (exact) mass is 444 g/mol. The van der Waals surface area contributed by atoms with Gasteiger partial charge in [-0.3, -0.25) is 0 Å². The van der Waals surface area contributed by atoms with Gasteiger partial charge in [0.05, 0.1) is 11.3 Å². The molecular formula is C27H19F3N2O. The summed E-state index contributed by atoms with van der Waals surface area (Å²) in [4.78, 5) is 4.31. The summed E-state index contributed by atoms with van der Waals surface area (Å²) in [7, 11) is 0. The van der Waals surface area contributed by atoms with Gasteiger partial charge in [0.25, 0.3) is 0 Å².